The second-order valence-electron chi connectivity index (χ2n) is 7.65. The van der Waals surface area contributed by atoms with E-state index in [9.17, 15) is 18.0 Å². The predicted octanol–water partition coefficient (Wildman–Crippen LogP) is 2.96. The average Bonchev–Trinajstić information content (AvgIpc) is 3.20. The summed E-state index contributed by atoms with van der Waals surface area (Å²) in [5.74, 6) is -0.455. The number of methoxy groups -OCH3 is 1. The van der Waals surface area contributed by atoms with Gasteiger partial charge in [-0.2, -0.15) is 4.31 Å². The monoisotopic (exact) mass is 498 g/mol. The Morgan fingerprint density at radius 2 is 1.88 bits per heavy atom. The van der Waals surface area contributed by atoms with Gasteiger partial charge in [0.25, 0.3) is 0 Å². The number of halogens is 1. The van der Waals surface area contributed by atoms with Gasteiger partial charge in [-0.15, -0.1) is 0 Å². The van der Waals surface area contributed by atoms with E-state index in [0.29, 0.717) is 42.5 Å². The van der Waals surface area contributed by atoms with E-state index in [4.69, 9.17) is 16.3 Å². The van der Waals surface area contributed by atoms with Crippen LogP contribution in [-0.2, 0) is 32.5 Å². The molecule has 12 heteroatoms. The van der Waals surface area contributed by atoms with Gasteiger partial charge in [0.05, 0.1) is 24.2 Å². The standard InChI is InChI=1S/C20H23ClN4O5S2/c1-30-20(27)24-9-8-16-17(12-24)31-19(22-16)23-18(26)13-6-10-25(11-7-13)32(28,29)15-4-2-14(21)3-5-15/h2-5,13H,6-12H2,1H3,(H,22,23,26). The first-order chi connectivity index (χ1) is 15.3. The van der Waals surface area contributed by atoms with Crippen molar-refractivity contribution in [2.24, 2.45) is 5.92 Å². The number of benzene rings is 1. The number of carbonyl (C=O) groups excluding carboxylic acids is 2. The first-order valence-corrected chi connectivity index (χ1v) is 12.8. The van der Waals surface area contributed by atoms with Crippen LogP contribution in [0.5, 0.6) is 0 Å². The van der Waals surface area contributed by atoms with E-state index in [-0.39, 0.29) is 35.9 Å². The summed E-state index contributed by atoms with van der Waals surface area (Å²) in [6, 6.07) is 6.07. The zero-order valence-electron chi connectivity index (χ0n) is 17.4. The summed E-state index contributed by atoms with van der Waals surface area (Å²) < 4.78 is 31.8. The third-order valence-electron chi connectivity index (χ3n) is 5.67. The summed E-state index contributed by atoms with van der Waals surface area (Å²) in [5.41, 5.74) is 0.884. The highest BCUT2D eigenvalue weighted by atomic mass is 35.5. The topological polar surface area (TPSA) is 109 Å². The molecule has 4 rings (SSSR count). The molecular formula is C20H23ClN4O5S2. The third-order valence-corrected chi connectivity index (χ3v) is 8.83. The van der Waals surface area contributed by atoms with E-state index < -0.39 is 10.0 Å². The number of nitrogens with one attached hydrogen (secondary N) is 1. The number of nitrogens with zero attached hydrogens (tertiary/aromatic N) is 3. The van der Waals surface area contributed by atoms with Crippen molar-refractivity contribution >= 4 is 50.1 Å². The highest BCUT2D eigenvalue weighted by Crippen LogP contribution is 2.30. The maximum absolute atomic E-state index is 12.8. The number of thiazole rings is 1. The van der Waals surface area contributed by atoms with E-state index in [1.165, 1.54) is 34.9 Å². The molecule has 0 saturated carbocycles. The summed E-state index contributed by atoms with van der Waals surface area (Å²) in [5, 5.41) is 3.85. The van der Waals surface area contributed by atoms with Crippen molar-refractivity contribution in [3.05, 3.63) is 39.9 Å². The van der Waals surface area contributed by atoms with Crippen LogP contribution in [0.15, 0.2) is 29.2 Å². The number of hydrogen-bond acceptors (Lipinski definition) is 7. The van der Waals surface area contributed by atoms with Gasteiger partial charge in [-0.3, -0.25) is 4.79 Å². The zero-order chi connectivity index (χ0) is 22.9. The molecule has 2 amide bonds. The second-order valence-corrected chi connectivity index (χ2v) is 11.1. The number of piperidine rings is 1. The summed E-state index contributed by atoms with van der Waals surface area (Å²) in [4.78, 5) is 31.7. The highest BCUT2D eigenvalue weighted by molar-refractivity contribution is 7.89. The Morgan fingerprint density at radius 3 is 2.53 bits per heavy atom. The highest BCUT2D eigenvalue weighted by Gasteiger charge is 2.33. The molecule has 172 valence electrons. The molecule has 2 aliphatic rings. The van der Waals surface area contributed by atoms with Gasteiger partial charge in [0.2, 0.25) is 15.9 Å². The van der Waals surface area contributed by atoms with Crippen LogP contribution in [0.3, 0.4) is 0 Å². The van der Waals surface area contributed by atoms with Crippen LogP contribution in [0.1, 0.15) is 23.4 Å². The quantitative estimate of drug-likeness (QED) is 0.694. The van der Waals surface area contributed by atoms with Gasteiger partial charge < -0.3 is 15.0 Å². The molecule has 1 N–H and O–H groups in total. The van der Waals surface area contributed by atoms with Crippen molar-refractivity contribution in [2.45, 2.75) is 30.7 Å². The molecule has 9 nitrogen and oxygen atoms in total. The lowest BCUT2D eigenvalue weighted by atomic mass is 9.97. The smallest absolute Gasteiger partial charge is 0.409 e. The first kappa shape index (κ1) is 23.0. The minimum Gasteiger partial charge on any atom is -0.453 e. The average molecular weight is 499 g/mol. The van der Waals surface area contributed by atoms with Crippen LogP contribution in [0, 0.1) is 5.92 Å². The molecule has 1 fully saturated rings. The molecule has 2 aliphatic heterocycles. The Labute approximate surface area is 195 Å². The van der Waals surface area contributed by atoms with Crippen molar-refractivity contribution in [2.75, 3.05) is 32.1 Å². The maximum Gasteiger partial charge on any atom is 0.409 e. The number of rotatable bonds is 4. The molecule has 1 saturated heterocycles. The van der Waals surface area contributed by atoms with E-state index in [0.717, 1.165) is 10.6 Å². The second kappa shape index (κ2) is 9.34. The van der Waals surface area contributed by atoms with Crippen molar-refractivity contribution in [1.82, 2.24) is 14.2 Å². The maximum atomic E-state index is 12.8. The van der Waals surface area contributed by atoms with Gasteiger partial charge >= 0.3 is 6.09 Å². The Bertz CT molecular complexity index is 1110. The van der Waals surface area contributed by atoms with Gasteiger partial charge in [0, 0.05) is 41.9 Å². The van der Waals surface area contributed by atoms with Gasteiger partial charge in [-0.25, -0.2) is 18.2 Å². The van der Waals surface area contributed by atoms with Crippen molar-refractivity contribution < 1.29 is 22.7 Å². The van der Waals surface area contributed by atoms with E-state index in [1.807, 2.05) is 0 Å². The number of amides is 2. The fourth-order valence-corrected chi connectivity index (χ4v) is 6.48. The number of hydrogen-bond donors (Lipinski definition) is 1. The fourth-order valence-electron chi connectivity index (χ4n) is 3.86. The summed E-state index contributed by atoms with van der Waals surface area (Å²) >= 11 is 7.20. The van der Waals surface area contributed by atoms with Crippen LogP contribution >= 0.6 is 22.9 Å². The number of aromatic nitrogens is 1. The van der Waals surface area contributed by atoms with Gasteiger partial charge in [-0.05, 0) is 37.1 Å². The van der Waals surface area contributed by atoms with Crippen LogP contribution in [0.2, 0.25) is 5.02 Å². The van der Waals surface area contributed by atoms with Crippen molar-refractivity contribution in [3.8, 4) is 0 Å². The lowest BCUT2D eigenvalue weighted by Gasteiger charge is -2.30. The summed E-state index contributed by atoms with van der Waals surface area (Å²) in [6.45, 7) is 1.48. The Balaban J connectivity index is 1.34. The Morgan fingerprint density at radius 1 is 1.19 bits per heavy atom. The number of fused-ring (bicyclic) bond motifs is 1. The minimum absolute atomic E-state index is 0.163. The number of anilines is 1. The molecule has 1 aromatic carbocycles. The van der Waals surface area contributed by atoms with Gasteiger partial charge in [-0.1, -0.05) is 22.9 Å². The molecule has 1 aromatic heterocycles. The van der Waals surface area contributed by atoms with E-state index >= 15 is 0 Å². The summed E-state index contributed by atoms with van der Waals surface area (Å²) in [6.07, 6.45) is 1.09. The SMILES string of the molecule is COC(=O)N1CCc2nc(NC(=O)C3CCN(S(=O)(=O)c4ccc(Cl)cc4)CC3)sc2C1. The number of sulfonamides is 1. The molecule has 0 unspecified atom stereocenters. The van der Waals surface area contributed by atoms with Crippen molar-refractivity contribution in [1.29, 1.82) is 0 Å². The molecular weight excluding hydrogens is 476 g/mol. The van der Waals surface area contributed by atoms with Gasteiger partial charge in [0.15, 0.2) is 5.13 Å². The molecule has 0 atom stereocenters. The van der Waals surface area contributed by atoms with Crippen LogP contribution in [0.25, 0.3) is 0 Å². The normalized spacial score (nSPS) is 17.6. The summed E-state index contributed by atoms with van der Waals surface area (Å²) in [7, 11) is -2.26. The Kier molecular flexibility index (Phi) is 6.70. The van der Waals surface area contributed by atoms with E-state index in [1.54, 1.807) is 17.0 Å². The third kappa shape index (κ3) is 4.75. The minimum atomic E-state index is -3.61. The van der Waals surface area contributed by atoms with Crippen LogP contribution in [0.4, 0.5) is 9.93 Å². The molecule has 2 aromatic rings. The van der Waals surface area contributed by atoms with Gasteiger partial charge in [0.1, 0.15) is 0 Å². The predicted molar refractivity (Wildman–Crippen MR) is 120 cm³/mol. The van der Waals surface area contributed by atoms with Crippen LogP contribution in [-0.4, -0.2) is 61.4 Å². The lowest BCUT2D eigenvalue weighted by Crippen LogP contribution is -2.41. The first-order valence-electron chi connectivity index (χ1n) is 10.2. The molecule has 0 bridgehead atoms. The number of carbonyl (C=O) groups is 2. The molecule has 0 spiro atoms. The largest absolute Gasteiger partial charge is 0.453 e. The molecule has 3 heterocycles. The molecule has 32 heavy (non-hydrogen) atoms. The fraction of sp³-hybridized carbons (Fsp3) is 0.450. The molecule has 0 aliphatic carbocycles. The Hall–Kier alpha value is -2.21. The van der Waals surface area contributed by atoms with E-state index in [2.05, 4.69) is 10.3 Å². The molecule has 0 radical (unpaired) electrons. The van der Waals surface area contributed by atoms with Crippen molar-refractivity contribution in [3.63, 3.8) is 0 Å². The zero-order valence-corrected chi connectivity index (χ0v) is 19.8. The van der Waals surface area contributed by atoms with Crippen LogP contribution < -0.4 is 5.32 Å². The number of ether oxygens (including phenoxy) is 1. The lowest BCUT2D eigenvalue weighted by molar-refractivity contribution is -0.120.